The highest BCUT2D eigenvalue weighted by atomic mass is 32.2. The van der Waals surface area contributed by atoms with Crippen molar-refractivity contribution in [2.75, 3.05) is 11.5 Å². The molecule has 9 nitrogen and oxygen atoms in total. The molecule has 3 N–H and O–H groups in total. The van der Waals surface area contributed by atoms with E-state index in [9.17, 15) is 19.2 Å². The van der Waals surface area contributed by atoms with Crippen molar-refractivity contribution in [2.24, 2.45) is 0 Å². The summed E-state index contributed by atoms with van der Waals surface area (Å²) in [5.41, 5.74) is 3.29. The van der Waals surface area contributed by atoms with Crippen molar-refractivity contribution in [3.63, 3.8) is 0 Å². The maximum absolute atomic E-state index is 13.3. The molecule has 2 aromatic carbocycles. The lowest BCUT2D eigenvalue weighted by atomic mass is 9.95. The number of amides is 2. The first-order chi connectivity index (χ1) is 18.7. The lowest BCUT2D eigenvalue weighted by molar-refractivity contribution is -0.134. The summed E-state index contributed by atoms with van der Waals surface area (Å²) in [6.07, 6.45) is 3.62. The second-order valence-electron chi connectivity index (χ2n) is 9.08. The van der Waals surface area contributed by atoms with E-state index >= 15 is 0 Å². The Morgan fingerprint density at radius 2 is 1.13 bits per heavy atom. The predicted molar refractivity (Wildman–Crippen MR) is 153 cm³/mol. The Morgan fingerprint density at radius 1 is 0.744 bits per heavy atom. The number of fused-ring (bicyclic) bond motifs is 2. The number of aromatic nitrogens is 2. The van der Waals surface area contributed by atoms with Crippen LogP contribution in [0.5, 0.6) is 0 Å². The van der Waals surface area contributed by atoms with E-state index in [0.717, 1.165) is 21.8 Å². The standard InChI is InChI=1S/C28H25N3O6S2/c1-15(38-13-23(32)33)30-11-19(17-7-3-5-9-21(17)30)25-26(28(37)29-27(25)36)20-12-31(16(2)39-14-24(34)35)22-10-6-4-8-18(20)22/h3-12,15-16H,13-14H2,1-2H3,(H,32,33)(H,34,35)(H,29,36,37). The number of hydrogen-bond acceptors (Lipinski definition) is 6. The summed E-state index contributed by atoms with van der Waals surface area (Å²) in [4.78, 5) is 48.9. The van der Waals surface area contributed by atoms with E-state index in [-0.39, 0.29) is 33.4 Å². The Kier molecular flexibility index (Phi) is 7.28. The smallest absolute Gasteiger partial charge is 0.313 e. The van der Waals surface area contributed by atoms with Crippen molar-refractivity contribution in [1.82, 2.24) is 14.5 Å². The largest absolute Gasteiger partial charge is 0.481 e. The molecule has 0 saturated carbocycles. The van der Waals surface area contributed by atoms with E-state index in [1.165, 1.54) is 23.5 Å². The Labute approximate surface area is 231 Å². The zero-order chi connectivity index (χ0) is 27.8. The van der Waals surface area contributed by atoms with Crippen molar-refractivity contribution < 1.29 is 29.4 Å². The van der Waals surface area contributed by atoms with Crippen LogP contribution in [0, 0.1) is 0 Å². The highest BCUT2D eigenvalue weighted by molar-refractivity contribution is 8.00. The number of hydrogen-bond donors (Lipinski definition) is 3. The number of rotatable bonds is 10. The van der Waals surface area contributed by atoms with Crippen molar-refractivity contribution in [3.8, 4) is 0 Å². The maximum atomic E-state index is 13.3. The molecular weight excluding hydrogens is 538 g/mol. The van der Waals surface area contributed by atoms with Gasteiger partial charge in [-0.25, -0.2) is 0 Å². The van der Waals surface area contributed by atoms with Crippen LogP contribution in [0.1, 0.15) is 35.7 Å². The van der Waals surface area contributed by atoms with Crippen LogP contribution in [0.2, 0.25) is 0 Å². The summed E-state index contributed by atoms with van der Waals surface area (Å²) in [6.45, 7) is 3.78. The van der Waals surface area contributed by atoms with Gasteiger partial charge in [-0.1, -0.05) is 36.4 Å². The van der Waals surface area contributed by atoms with Gasteiger partial charge in [-0.15, -0.1) is 23.5 Å². The fourth-order valence-corrected chi connectivity index (χ4v) is 6.36. The van der Waals surface area contributed by atoms with Gasteiger partial charge in [0.1, 0.15) is 0 Å². The van der Waals surface area contributed by atoms with Gasteiger partial charge in [0.15, 0.2) is 0 Å². The van der Waals surface area contributed by atoms with Crippen LogP contribution in [0.25, 0.3) is 33.0 Å². The molecule has 0 saturated heterocycles. The highest BCUT2D eigenvalue weighted by Gasteiger charge is 2.36. The van der Waals surface area contributed by atoms with Crippen LogP contribution >= 0.6 is 23.5 Å². The van der Waals surface area contributed by atoms with E-state index in [4.69, 9.17) is 10.2 Å². The molecule has 1 aliphatic heterocycles. The summed E-state index contributed by atoms with van der Waals surface area (Å²) >= 11 is 2.51. The van der Waals surface area contributed by atoms with Gasteiger partial charge in [0.25, 0.3) is 11.8 Å². The molecule has 1 aliphatic rings. The van der Waals surface area contributed by atoms with E-state index in [2.05, 4.69) is 5.32 Å². The van der Waals surface area contributed by atoms with Crippen molar-refractivity contribution in [1.29, 1.82) is 0 Å². The molecule has 4 aromatic rings. The molecular formula is C28H25N3O6S2. The zero-order valence-electron chi connectivity index (χ0n) is 21.1. The Hall–Kier alpha value is -3.96. The molecule has 2 atom stereocenters. The molecule has 2 amide bonds. The Morgan fingerprint density at radius 3 is 1.51 bits per heavy atom. The fraction of sp³-hybridized carbons (Fsp3) is 0.214. The summed E-state index contributed by atoms with van der Waals surface area (Å²) < 4.78 is 3.85. The van der Waals surface area contributed by atoms with Crippen LogP contribution in [-0.2, 0) is 19.2 Å². The molecule has 200 valence electrons. The number of carboxylic acids is 2. The second kappa shape index (κ2) is 10.7. The minimum absolute atomic E-state index is 0.0759. The Balaban J connectivity index is 1.71. The lowest BCUT2D eigenvalue weighted by Crippen LogP contribution is -2.22. The van der Waals surface area contributed by atoms with Gasteiger partial charge < -0.3 is 19.3 Å². The number of benzene rings is 2. The van der Waals surface area contributed by atoms with Crippen LogP contribution in [0.4, 0.5) is 0 Å². The minimum Gasteiger partial charge on any atom is -0.481 e. The third-order valence-electron chi connectivity index (χ3n) is 6.63. The minimum atomic E-state index is -0.915. The van der Waals surface area contributed by atoms with Crippen LogP contribution < -0.4 is 5.32 Å². The molecule has 0 bridgehead atoms. The first kappa shape index (κ1) is 26.6. The van der Waals surface area contributed by atoms with Gasteiger partial charge >= 0.3 is 11.9 Å². The molecule has 0 radical (unpaired) electrons. The molecule has 0 spiro atoms. The molecule has 0 fully saturated rings. The molecule has 39 heavy (non-hydrogen) atoms. The second-order valence-corrected chi connectivity index (χ2v) is 11.7. The molecule has 0 aliphatic carbocycles. The van der Waals surface area contributed by atoms with Crippen molar-refractivity contribution >= 4 is 80.2 Å². The number of thioether (sulfide) groups is 2. The highest BCUT2D eigenvalue weighted by Crippen LogP contribution is 2.41. The third kappa shape index (κ3) is 4.95. The van der Waals surface area contributed by atoms with E-state index in [0.29, 0.717) is 11.1 Å². The zero-order valence-corrected chi connectivity index (χ0v) is 22.7. The van der Waals surface area contributed by atoms with Crippen LogP contribution in [-0.4, -0.2) is 54.6 Å². The molecule has 5 rings (SSSR count). The predicted octanol–water partition coefficient (Wildman–Crippen LogP) is 4.84. The van der Waals surface area contributed by atoms with Crippen LogP contribution in [0.3, 0.4) is 0 Å². The van der Waals surface area contributed by atoms with Gasteiger partial charge in [0.05, 0.1) is 33.4 Å². The average Bonchev–Trinajstić information content (AvgIpc) is 3.56. The monoisotopic (exact) mass is 563 g/mol. The SMILES string of the molecule is CC(SCC(=O)O)n1cc(C2=C(c3cn(C(C)SCC(=O)O)c4ccccc34)C(=O)NC2=O)c2ccccc21. The average molecular weight is 564 g/mol. The van der Waals surface area contributed by atoms with E-state index in [1.807, 2.05) is 83.9 Å². The summed E-state index contributed by atoms with van der Waals surface area (Å²) in [7, 11) is 0. The first-order valence-corrected chi connectivity index (χ1v) is 14.2. The molecule has 2 aromatic heterocycles. The lowest BCUT2D eigenvalue weighted by Gasteiger charge is -2.13. The van der Waals surface area contributed by atoms with Gasteiger partial charge in [-0.05, 0) is 26.0 Å². The number of carbonyl (C=O) groups is 4. The van der Waals surface area contributed by atoms with Gasteiger partial charge in [-0.2, -0.15) is 0 Å². The number of para-hydroxylation sites is 2. The number of nitrogens with one attached hydrogen (secondary N) is 1. The first-order valence-electron chi connectivity index (χ1n) is 12.1. The summed E-state index contributed by atoms with van der Waals surface area (Å²) in [5, 5.41) is 21.8. The normalized spacial score (nSPS) is 15.2. The van der Waals surface area contributed by atoms with Gasteiger partial charge in [0, 0.05) is 45.3 Å². The fourth-order valence-electron chi connectivity index (χ4n) is 4.92. The third-order valence-corrected chi connectivity index (χ3v) is 8.88. The van der Waals surface area contributed by atoms with Crippen molar-refractivity contribution in [2.45, 2.75) is 24.6 Å². The number of carbonyl (C=O) groups excluding carboxylic acids is 2. The van der Waals surface area contributed by atoms with E-state index < -0.39 is 23.8 Å². The molecule has 2 unspecified atom stereocenters. The number of aliphatic carboxylic acids is 2. The number of imide groups is 1. The quantitative estimate of drug-likeness (QED) is 0.234. The summed E-state index contributed by atoms with van der Waals surface area (Å²) in [6, 6.07) is 15.0. The van der Waals surface area contributed by atoms with E-state index in [1.54, 1.807) is 0 Å². The topological polar surface area (TPSA) is 131 Å². The van der Waals surface area contributed by atoms with Gasteiger partial charge in [0.2, 0.25) is 0 Å². The van der Waals surface area contributed by atoms with Gasteiger partial charge in [-0.3, -0.25) is 24.5 Å². The number of nitrogens with zero attached hydrogens (tertiary/aromatic N) is 2. The summed E-state index contributed by atoms with van der Waals surface area (Å²) in [5.74, 6) is -2.99. The number of carboxylic acid groups (broad SMARTS) is 2. The molecule has 3 heterocycles. The van der Waals surface area contributed by atoms with Crippen molar-refractivity contribution in [3.05, 3.63) is 72.1 Å². The molecule has 11 heteroatoms. The van der Waals surface area contributed by atoms with Crippen LogP contribution in [0.15, 0.2) is 60.9 Å². The maximum Gasteiger partial charge on any atom is 0.313 e. The Bertz CT molecular complexity index is 1560.